The molecule has 0 radical (unpaired) electrons. The molecule has 1 amide bonds. The van der Waals surface area contributed by atoms with Crippen molar-refractivity contribution >= 4 is 5.91 Å². The Balaban J connectivity index is 2.05. The van der Waals surface area contributed by atoms with Gasteiger partial charge in [0, 0.05) is 20.5 Å². The molecule has 1 saturated heterocycles. The number of nitrogens with one attached hydrogen (secondary N) is 1. The van der Waals surface area contributed by atoms with Crippen molar-refractivity contribution in [2.75, 3.05) is 27.2 Å². The van der Waals surface area contributed by atoms with Crippen LogP contribution in [0.1, 0.15) is 32.1 Å². The quantitative estimate of drug-likeness (QED) is 0.737. The highest BCUT2D eigenvalue weighted by Crippen LogP contribution is 2.16. The Hall–Kier alpha value is -0.570. The standard InChI is InChI=1S/C11H22N2O/c1-13(2)11(14)7-3-5-10-6-4-8-12-9-10/h10,12H,3-9H2,1-2H3. The lowest BCUT2D eigenvalue weighted by Crippen LogP contribution is -2.30. The number of hydrogen-bond donors (Lipinski definition) is 1. The lowest BCUT2D eigenvalue weighted by Gasteiger charge is -2.22. The largest absolute Gasteiger partial charge is 0.349 e. The first-order valence-electron chi connectivity index (χ1n) is 5.61. The van der Waals surface area contributed by atoms with E-state index in [0.29, 0.717) is 6.42 Å². The molecule has 3 heteroatoms. The second-order valence-corrected chi connectivity index (χ2v) is 4.39. The molecule has 0 spiro atoms. The topological polar surface area (TPSA) is 32.3 Å². The Labute approximate surface area is 86.9 Å². The van der Waals surface area contributed by atoms with Crippen LogP contribution in [0.4, 0.5) is 0 Å². The van der Waals surface area contributed by atoms with Crippen LogP contribution in [-0.4, -0.2) is 38.0 Å². The molecule has 1 fully saturated rings. The van der Waals surface area contributed by atoms with Gasteiger partial charge in [-0.2, -0.15) is 0 Å². The summed E-state index contributed by atoms with van der Waals surface area (Å²) < 4.78 is 0. The first-order chi connectivity index (χ1) is 6.70. The van der Waals surface area contributed by atoms with Crippen molar-refractivity contribution in [3.63, 3.8) is 0 Å². The molecule has 1 heterocycles. The summed E-state index contributed by atoms with van der Waals surface area (Å²) in [5.41, 5.74) is 0. The van der Waals surface area contributed by atoms with Crippen molar-refractivity contribution in [3.05, 3.63) is 0 Å². The molecule has 1 rings (SSSR count). The first kappa shape index (κ1) is 11.5. The normalized spacial score (nSPS) is 22.0. The SMILES string of the molecule is CN(C)C(=O)CCCC1CCCNC1. The van der Waals surface area contributed by atoms with E-state index in [1.807, 2.05) is 14.1 Å². The third kappa shape index (κ3) is 4.09. The van der Waals surface area contributed by atoms with Gasteiger partial charge in [-0.3, -0.25) is 4.79 Å². The van der Waals surface area contributed by atoms with E-state index in [-0.39, 0.29) is 5.91 Å². The zero-order valence-electron chi connectivity index (χ0n) is 9.38. The summed E-state index contributed by atoms with van der Waals surface area (Å²) in [4.78, 5) is 13.0. The molecule has 0 aromatic carbocycles. The summed E-state index contributed by atoms with van der Waals surface area (Å²) in [6.45, 7) is 2.32. The van der Waals surface area contributed by atoms with Crippen molar-refractivity contribution in [3.8, 4) is 0 Å². The van der Waals surface area contributed by atoms with Crippen LogP contribution in [0.15, 0.2) is 0 Å². The molecular formula is C11H22N2O. The molecule has 1 unspecified atom stereocenters. The number of carbonyl (C=O) groups excluding carboxylic acids is 1. The van der Waals surface area contributed by atoms with E-state index < -0.39 is 0 Å². The summed E-state index contributed by atoms with van der Waals surface area (Å²) in [7, 11) is 3.65. The lowest BCUT2D eigenvalue weighted by molar-refractivity contribution is -0.128. The molecular weight excluding hydrogens is 176 g/mol. The monoisotopic (exact) mass is 198 g/mol. The number of nitrogens with zero attached hydrogens (tertiary/aromatic N) is 1. The molecule has 0 aliphatic carbocycles. The van der Waals surface area contributed by atoms with Crippen molar-refractivity contribution in [1.29, 1.82) is 0 Å². The molecule has 0 aromatic heterocycles. The molecule has 0 bridgehead atoms. The van der Waals surface area contributed by atoms with Crippen LogP contribution < -0.4 is 5.32 Å². The number of carbonyl (C=O) groups is 1. The minimum Gasteiger partial charge on any atom is -0.349 e. The molecule has 3 nitrogen and oxygen atoms in total. The van der Waals surface area contributed by atoms with Gasteiger partial charge in [-0.25, -0.2) is 0 Å². The van der Waals surface area contributed by atoms with E-state index in [2.05, 4.69) is 5.32 Å². The van der Waals surface area contributed by atoms with Gasteiger partial charge in [-0.15, -0.1) is 0 Å². The number of hydrogen-bond acceptors (Lipinski definition) is 2. The summed E-state index contributed by atoms with van der Waals surface area (Å²) in [5, 5.41) is 3.40. The molecule has 1 N–H and O–H groups in total. The van der Waals surface area contributed by atoms with Gasteiger partial charge in [0.05, 0.1) is 0 Å². The van der Waals surface area contributed by atoms with Crippen LogP contribution in [0.25, 0.3) is 0 Å². The van der Waals surface area contributed by atoms with Gasteiger partial charge >= 0.3 is 0 Å². The summed E-state index contributed by atoms with van der Waals surface area (Å²) in [6, 6.07) is 0. The van der Waals surface area contributed by atoms with Gasteiger partial charge < -0.3 is 10.2 Å². The molecule has 0 saturated carbocycles. The average molecular weight is 198 g/mol. The van der Waals surface area contributed by atoms with E-state index >= 15 is 0 Å². The van der Waals surface area contributed by atoms with E-state index in [0.717, 1.165) is 18.9 Å². The van der Waals surface area contributed by atoms with Crippen molar-refractivity contribution < 1.29 is 4.79 Å². The van der Waals surface area contributed by atoms with Gasteiger partial charge in [-0.05, 0) is 44.7 Å². The Bertz CT molecular complexity index is 174. The van der Waals surface area contributed by atoms with Gasteiger partial charge in [0.15, 0.2) is 0 Å². The van der Waals surface area contributed by atoms with Crippen LogP contribution in [0.2, 0.25) is 0 Å². The molecule has 1 aliphatic rings. The fourth-order valence-electron chi connectivity index (χ4n) is 1.94. The van der Waals surface area contributed by atoms with Crippen LogP contribution >= 0.6 is 0 Å². The zero-order chi connectivity index (χ0) is 10.4. The minimum atomic E-state index is 0.258. The first-order valence-corrected chi connectivity index (χ1v) is 5.61. The van der Waals surface area contributed by atoms with Crippen molar-refractivity contribution in [2.45, 2.75) is 32.1 Å². The number of piperidine rings is 1. The third-order valence-corrected chi connectivity index (χ3v) is 2.90. The van der Waals surface area contributed by atoms with E-state index in [9.17, 15) is 4.79 Å². The van der Waals surface area contributed by atoms with Crippen molar-refractivity contribution in [1.82, 2.24) is 10.2 Å². The second kappa shape index (κ2) is 6.02. The van der Waals surface area contributed by atoms with Crippen molar-refractivity contribution in [2.24, 2.45) is 5.92 Å². The highest BCUT2D eigenvalue weighted by Gasteiger charge is 2.13. The Morgan fingerprint density at radius 3 is 2.86 bits per heavy atom. The molecule has 1 atom stereocenters. The predicted octanol–water partition coefficient (Wildman–Crippen LogP) is 1.24. The zero-order valence-corrected chi connectivity index (χ0v) is 9.38. The fourth-order valence-corrected chi connectivity index (χ4v) is 1.94. The third-order valence-electron chi connectivity index (χ3n) is 2.90. The van der Waals surface area contributed by atoms with Gasteiger partial charge in [-0.1, -0.05) is 0 Å². The number of amides is 1. The Morgan fingerprint density at radius 1 is 1.50 bits per heavy atom. The predicted molar refractivity (Wildman–Crippen MR) is 58.1 cm³/mol. The highest BCUT2D eigenvalue weighted by molar-refractivity contribution is 5.75. The maximum atomic E-state index is 11.3. The van der Waals surface area contributed by atoms with E-state index in [1.165, 1.54) is 25.8 Å². The van der Waals surface area contributed by atoms with Crippen LogP contribution in [-0.2, 0) is 4.79 Å². The average Bonchev–Trinajstić information content (AvgIpc) is 2.19. The van der Waals surface area contributed by atoms with Gasteiger partial charge in [0.1, 0.15) is 0 Å². The van der Waals surface area contributed by atoms with Gasteiger partial charge in [0.25, 0.3) is 0 Å². The Morgan fingerprint density at radius 2 is 2.29 bits per heavy atom. The van der Waals surface area contributed by atoms with E-state index in [1.54, 1.807) is 4.90 Å². The summed E-state index contributed by atoms with van der Waals surface area (Å²) >= 11 is 0. The fraction of sp³-hybridized carbons (Fsp3) is 0.909. The minimum absolute atomic E-state index is 0.258. The maximum absolute atomic E-state index is 11.3. The van der Waals surface area contributed by atoms with Crippen LogP contribution in [0.5, 0.6) is 0 Å². The number of rotatable bonds is 4. The smallest absolute Gasteiger partial charge is 0.222 e. The van der Waals surface area contributed by atoms with Gasteiger partial charge in [0.2, 0.25) is 5.91 Å². The van der Waals surface area contributed by atoms with Crippen LogP contribution in [0.3, 0.4) is 0 Å². The maximum Gasteiger partial charge on any atom is 0.222 e. The summed E-state index contributed by atoms with van der Waals surface area (Å²) in [5.74, 6) is 1.06. The molecule has 1 aliphatic heterocycles. The lowest BCUT2D eigenvalue weighted by atomic mass is 9.94. The molecule has 0 aromatic rings. The second-order valence-electron chi connectivity index (χ2n) is 4.39. The molecule has 82 valence electrons. The summed E-state index contributed by atoms with van der Waals surface area (Å²) in [6.07, 6.45) is 5.59. The van der Waals surface area contributed by atoms with Crippen LogP contribution in [0, 0.1) is 5.92 Å². The Kier molecular flexibility index (Phi) is 4.94. The van der Waals surface area contributed by atoms with E-state index in [4.69, 9.17) is 0 Å². The highest BCUT2D eigenvalue weighted by atomic mass is 16.2. The molecule has 14 heavy (non-hydrogen) atoms.